The minimum atomic E-state index is -4.72. The third kappa shape index (κ3) is 4.62. The van der Waals surface area contributed by atoms with Crippen LogP contribution in [-0.2, 0) is 6.18 Å². The molecule has 0 bridgehead atoms. The number of para-hydroxylation sites is 1. The van der Waals surface area contributed by atoms with Gasteiger partial charge >= 0.3 is 6.18 Å². The summed E-state index contributed by atoms with van der Waals surface area (Å²) >= 11 is 6.14. The molecule has 1 N–H and O–H groups in total. The highest BCUT2D eigenvalue weighted by Gasteiger charge is 2.35. The first-order chi connectivity index (χ1) is 16.0. The van der Waals surface area contributed by atoms with Crippen molar-refractivity contribution in [2.24, 2.45) is 0 Å². The van der Waals surface area contributed by atoms with Crippen LogP contribution in [0.2, 0.25) is 5.02 Å². The van der Waals surface area contributed by atoms with Crippen LogP contribution in [0, 0.1) is 17.5 Å². The Morgan fingerprint density at radius 3 is 2.12 bits per heavy atom. The number of aromatic nitrogens is 2. The first kappa shape index (κ1) is 23.4. The van der Waals surface area contributed by atoms with Gasteiger partial charge in [0.15, 0.2) is 17.3 Å². The van der Waals surface area contributed by atoms with Gasteiger partial charge in [-0.3, -0.25) is 4.79 Å². The molecule has 0 spiro atoms. The van der Waals surface area contributed by atoms with E-state index in [1.54, 1.807) is 12.1 Å². The van der Waals surface area contributed by atoms with Gasteiger partial charge in [-0.1, -0.05) is 35.9 Å². The van der Waals surface area contributed by atoms with Crippen LogP contribution in [0.4, 0.5) is 32.0 Å². The van der Waals surface area contributed by atoms with Crippen LogP contribution in [0.5, 0.6) is 0 Å². The third-order valence-corrected chi connectivity index (χ3v) is 5.09. The number of nitrogens with zero attached hydrogens (tertiary/aromatic N) is 2. The van der Waals surface area contributed by atoms with Crippen molar-refractivity contribution in [1.29, 1.82) is 0 Å². The van der Waals surface area contributed by atoms with Gasteiger partial charge in [-0.05, 0) is 30.3 Å². The molecule has 0 aliphatic heterocycles. The molecule has 4 nitrogen and oxygen atoms in total. The second kappa shape index (κ2) is 8.86. The zero-order valence-corrected chi connectivity index (χ0v) is 17.6. The van der Waals surface area contributed by atoms with E-state index in [9.17, 15) is 31.1 Å². The number of anilines is 1. The number of rotatable bonds is 4. The molecule has 0 saturated carbocycles. The van der Waals surface area contributed by atoms with E-state index in [1.807, 2.05) is 5.32 Å². The van der Waals surface area contributed by atoms with Gasteiger partial charge in [0.25, 0.3) is 5.91 Å². The molecule has 174 valence electrons. The molecular formula is C23H12ClF6N3O. The van der Waals surface area contributed by atoms with E-state index in [2.05, 4.69) is 5.10 Å². The number of alkyl halides is 3. The molecule has 11 heteroatoms. The summed E-state index contributed by atoms with van der Waals surface area (Å²) in [6.07, 6.45) is -4.72. The highest BCUT2D eigenvalue weighted by Crippen LogP contribution is 2.34. The molecule has 0 aliphatic rings. The number of benzene rings is 3. The number of carbonyl (C=O) groups excluding carboxylic acids is 1. The van der Waals surface area contributed by atoms with E-state index >= 15 is 0 Å². The summed E-state index contributed by atoms with van der Waals surface area (Å²) in [5.41, 5.74) is -1.51. The fraction of sp³-hybridized carbons (Fsp3) is 0.0435. The topological polar surface area (TPSA) is 46.9 Å². The highest BCUT2D eigenvalue weighted by atomic mass is 35.5. The Morgan fingerprint density at radius 1 is 0.912 bits per heavy atom. The number of nitrogens with one attached hydrogen (secondary N) is 1. The lowest BCUT2D eigenvalue weighted by molar-refractivity contribution is -0.141. The Morgan fingerprint density at radius 2 is 1.53 bits per heavy atom. The number of amides is 1. The van der Waals surface area contributed by atoms with Crippen molar-refractivity contribution < 1.29 is 31.1 Å². The zero-order chi connectivity index (χ0) is 24.6. The quantitative estimate of drug-likeness (QED) is 0.314. The predicted octanol–water partition coefficient (Wildman–Crippen LogP) is 6.88. The number of carbonyl (C=O) groups is 1. The molecule has 0 unspecified atom stereocenters. The summed E-state index contributed by atoms with van der Waals surface area (Å²) in [5, 5.41) is 5.82. The van der Waals surface area contributed by atoms with Crippen LogP contribution in [0.25, 0.3) is 16.9 Å². The lowest BCUT2D eigenvalue weighted by atomic mass is 10.1. The van der Waals surface area contributed by atoms with Gasteiger partial charge in [-0.25, -0.2) is 17.9 Å². The van der Waals surface area contributed by atoms with Gasteiger partial charge in [0, 0.05) is 23.3 Å². The van der Waals surface area contributed by atoms with Crippen LogP contribution in [0.1, 0.15) is 16.1 Å². The number of hydrogen-bond donors (Lipinski definition) is 1. The maximum atomic E-state index is 13.8. The summed E-state index contributed by atoms with van der Waals surface area (Å²) in [6.45, 7) is 0. The SMILES string of the molecule is O=C(Nc1c(F)cc(F)cc1F)c1ccc(-c2cc(C(F)(F)F)nn2-c2ccccc2Cl)cc1. The molecular weight excluding hydrogens is 484 g/mol. The van der Waals surface area contributed by atoms with E-state index < -0.39 is 40.9 Å². The first-order valence-electron chi connectivity index (χ1n) is 9.53. The van der Waals surface area contributed by atoms with Crippen LogP contribution >= 0.6 is 11.6 Å². The smallest absolute Gasteiger partial charge is 0.317 e. The summed E-state index contributed by atoms with van der Waals surface area (Å²) < 4.78 is 81.7. The van der Waals surface area contributed by atoms with Gasteiger partial charge in [0.1, 0.15) is 11.5 Å². The fourth-order valence-electron chi connectivity index (χ4n) is 3.17. The average Bonchev–Trinajstić information content (AvgIpc) is 3.22. The summed E-state index contributed by atoms with van der Waals surface area (Å²) in [6, 6.07) is 13.0. The molecule has 4 rings (SSSR count). The van der Waals surface area contributed by atoms with Crippen molar-refractivity contribution in [2.45, 2.75) is 6.18 Å². The monoisotopic (exact) mass is 495 g/mol. The van der Waals surface area contributed by atoms with Crippen LogP contribution in [0.15, 0.2) is 66.7 Å². The Balaban J connectivity index is 1.69. The van der Waals surface area contributed by atoms with Crippen molar-refractivity contribution in [3.05, 3.63) is 100 Å². The molecule has 0 fully saturated rings. The molecule has 0 radical (unpaired) electrons. The Kier molecular flexibility index (Phi) is 6.09. The minimum absolute atomic E-state index is 0.0445. The summed E-state index contributed by atoms with van der Waals surface area (Å²) in [7, 11) is 0. The molecule has 34 heavy (non-hydrogen) atoms. The largest absolute Gasteiger partial charge is 0.435 e. The Bertz CT molecular complexity index is 1360. The zero-order valence-electron chi connectivity index (χ0n) is 16.8. The van der Waals surface area contributed by atoms with Crippen molar-refractivity contribution in [3.63, 3.8) is 0 Å². The molecule has 1 heterocycles. The molecule has 0 aliphatic carbocycles. The molecule has 0 atom stereocenters. The summed E-state index contributed by atoms with van der Waals surface area (Å²) in [4.78, 5) is 12.4. The van der Waals surface area contributed by atoms with Gasteiger partial charge in [0.05, 0.1) is 16.4 Å². The Hall–Kier alpha value is -3.79. The second-order valence-corrected chi connectivity index (χ2v) is 7.46. The van der Waals surface area contributed by atoms with Crippen molar-refractivity contribution in [3.8, 4) is 16.9 Å². The van der Waals surface area contributed by atoms with Gasteiger partial charge in [-0.15, -0.1) is 0 Å². The predicted molar refractivity (Wildman–Crippen MR) is 113 cm³/mol. The van der Waals surface area contributed by atoms with Crippen LogP contribution in [-0.4, -0.2) is 15.7 Å². The standard InChI is InChI=1S/C23H12ClF6N3O/c24-15-3-1-2-4-18(15)33-19(11-20(32-33)23(28,29)30)12-5-7-13(8-6-12)22(34)31-21-16(26)9-14(25)10-17(21)27/h1-11H,(H,31,34). The van der Waals surface area contributed by atoms with E-state index in [0.29, 0.717) is 12.1 Å². The lowest BCUT2D eigenvalue weighted by Gasteiger charge is -2.11. The second-order valence-electron chi connectivity index (χ2n) is 7.05. The van der Waals surface area contributed by atoms with E-state index in [1.165, 1.54) is 36.4 Å². The number of hydrogen-bond acceptors (Lipinski definition) is 2. The lowest BCUT2D eigenvalue weighted by Crippen LogP contribution is -2.14. The molecule has 3 aromatic carbocycles. The van der Waals surface area contributed by atoms with E-state index in [4.69, 9.17) is 11.6 Å². The highest BCUT2D eigenvalue weighted by molar-refractivity contribution is 6.32. The molecule has 4 aromatic rings. The van der Waals surface area contributed by atoms with Crippen molar-refractivity contribution in [1.82, 2.24) is 9.78 Å². The van der Waals surface area contributed by atoms with E-state index in [0.717, 1.165) is 10.7 Å². The normalized spacial score (nSPS) is 11.5. The van der Waals surface area contributed by atoms with Crippen molar-refractivity contribution >= 4 is 23.2 Å². The number of halogens is 7. The molecule has 1 amide bonds. The maximum absolute atomic E-state index is 13.8. The van der Waals surface area contributed by atoms with Crippen LogP contribution < -0.4 is 5.32 Å². The minimum Gasteiger partial charge on any atom is -0.317 e. The molecule has 0 saturated heterocycles. The first-order valence-corrected chi connectivity index (χ1v) is 9.91. The maximum Gasteiger partial charge on any atom is 0.435 e. The van der Waals surface area contributed by atoms with Crippen LogP contribution in [0.3, 0.4) is 0 Å². The van der Waals surface area contributed by atoms with E-state index in [-0.39, 0.29) is 27.5 Å². The third-order valence-electron chi connectivity index (χ3n) is 4.77. The van der Waals surface area contributed by atoms with Crippen molar-refractivity contribution in [2.75, 3.05) is 5.32 Å². The fourth-order valence-corrected chi connectivity index (χ4v) is 3.39. The Labute approximate surface area is 193 Å². The average molecular weight is 496 g/mol. The van der Waals surface area contributed by atoms with Gasteiger partial charge in [0.2, 0.25) is 0 Å². The van der Waals surface area contributed by atoms with Gasteiger partial charge in [-0.2, -0.15) is 18.3 Å². The van der Waals surface area contributed by atoms with Gasteiger partial charge < -0.3 is 5.32 Å². The molecule has 1 aromatic heterocycles. The summed E-state index contributed by atoms with van der Waals surface area (Å²) in [5.74, 6) is -4.66.